The number of aliphatic hydroxyl groups is 1. The molecule has 0 radical (unpaired) electrons. The van der Waals surface area contributed by atoms with E-state index in [1.165, 1.54) is 13.2 Å². The van der Waals surface area contributed by atoms with Gasteiger partial charge in [0.15, 0.2) is 11.5 Å². The molecule has 3 N–H and O–H groups in total. The molecule has 3 aromatic carbocycles. The number of halogens is 3. The van der Waals surface area contributed by atoms with Gasteiger partial charge >= 0.3 is 6.18 Å². The Kier molecular flexibility index (Phi) is 10.1. The number of methoxy groups -OCH3 is 1. The first-order valence-electron chi connectivity index (χ1n) is 16.8. The Morgan fingerprint density at radius 3 is 2.41 bits per heavy atom. The number of carbonyl (C=O) groups is 1. The van der Waals surface area contributed by atoms with E-state index in [0.717, 1.165) is 43.4 Å². The van der Waals surface area contributed by atoms with Crippen molar-refractivity contribution in [1.82, 2.24) is 20.5 Å². The Balaban J connectivity index is 1.54. The van der Waals surface area contributed by atoms with E-state index < -0.39 is 17.3 Å². The van der Waals surface area contributed by atoms with Crippen molar-refractivity contribution in [3.05, 3.63) is 89.0 Å². The molecule has 0 atom stereocenters. The van der Waals surface area contributed by atoms with E-state index in [0.29, 0.717) is 65.4 Å². The van der Waals surface area contributed by atoms with Gasteiger partial charge in [0.05, 0.1) is 47.7 Å². The van der Waals surface area contributed by atoms with Crippen molar-refractivity contribution in [3.63, 3.8) is 0 Å². The molecule has 1 aromatic heterocycles. The second-order valence-electron chi connectivity index (χ2n) is 13.2. The third kappa shape index (κ3) is 7.69. The SMILES string of the molecule is COc1cc2c(C(=O)NC3(c4ccccc4)CC3)c(CN3CCC(NCCO)CC3)c(-c3cccc(C(F)(F)F)c3)nc2cc1OC(C)C. The minimum atomic E-state index is -4.56. The number of benzene rings is 3. The Bertz CT molecular complexity index is 1790. The number of nitrogens with zero attached hydrogens (tertiary/aromatic N) is 2. The topological polar surface area (TPSA) is 96.0 Å². The maximum atomic E-state index is 14.7. The summed E-state index contributed by atoms with van der Waals surface area (Å²) in [5.74, 6) is 0.526. The molecule has 2 heterocycles. The summed E-state index contributed by atoms with van der Waals surface area (Å²) < 4.78 is 53.8. The Morgan fingerprint density at radius 2 is 1.78 bits per heavy atom. The minimum absolute atomic E-state index is 0.0552. The molecule has 1 saturated heterocycles. The van der Waals surface area contributed by atoms with Crippen LogP contribution in [0.25, 0.3) is 22.2 Å². The summed E-state index contributed by atoms with van der Waals surface area (Å²) >= 11 is 0. The number of pyridine rings is 1. The number of likely N-dealkylation sites (tertiary alicyclic amines) is 1. The van der Waals surface area contributed by atoms with Crippen LogP contribution in [0.3, 0.4) is 0 Å². The molecule has 8 nitrogen and oxygen atoms in total. The standard InChI is InChI=1S/C38H43F3N4O4/c1-24(2)49-33-22-31-29(21-32(33)48-3)34(36(47)44-37(14-15-37)26-9-5-4-6-10-26)30(23-45-17-12-28(13-18-45)42-16-19-46)35(43-31)25-8-7-11-27(20-25)38(39,40)41/h4-11,20-22,24,28,42,46H,12-19,23H2,1-3H3,(H,44,47). The Hall–Kier alpha value is -4.19. The molecular formula is C38H43F3N4O4. The summed E-state index contributed by atoms with van der Waals surface area (Å²) in [5.41, 5.74) is 1.57. The molecule has 0 unspecified atom stereocenters. The molecule has 2 aliphatic rings. The first kappa shape index (κ1) is 34.7. The monoisotopic (exact) mass is 676 g/mol. The quantitative estimate of drug-likeness (QED) is 0.154. The first-order chi connectivity index (χ1) is 23.5. The number of ether oxygens (including phenoxy) is 2. The van der Waals surface area contributed by atoms with Crippen molar-refractivity contribution in [2.45, 2.75) is 69.9 Å². The number of amides is 1. The lowest BCUT2D eigenvalue weighted by Crippen LogP contribution is -2.43. The maximum Gasteiger partial charge on any atom is 0.416 e. The van der Waals surface area contributed by atoms with Gasteiger partial charge in [0.2, 0.25) is 0 Å². The van der Waals surface area contributed by atoms with Crippen LogP contribution in [0.5, 0.6) is 11.5 Å². The van der Waals surface area contributed by atoms with Crippen molar-refractivity contribution >= 4 is 16.8 Å². The molecule has 1 aliphatic carbocycles. The van der Waals surface area contributed by atoms with Crippen LogP contribution < -0.4 is 20.1 Å². The molecule has 1 saturated carbocycles. The Morgan fingerprint density at radius 1 is 1.04 bits per heavy atom. The largest absolute Gasteiger partial charge is 0.493 e. The second kappa shape index (κ2) is 14.3. The van der Waals surface area contributed by atoms with Crippen molar-refractivity contribution in [3.8, 4) is 22.8 Å². The molecule has 0 bridgehead atoms. The predicted molar refractivity (Wildman–Crippen MR) is 183 cm³/mol. The van der Waals surface area contributed by atoms with E-state index in [9.17, 15) is 23.1 Å². The van der Waals surface area contributed by atoms with Gasteiger partial charge in [-0.25, -0.2) is 4.98 Å². The van der Waals surface area contributed by atoms with Gasteiger partial charge in [0, 0.05) is 41.7 Å². The Labute approximate surface area is 284 Å². The van der Waals surface area contributed by atoms with E-state index in [2.05, 4.69) is 15.5 Å². The summed E-state index contributed by atoms with van der Waals surface area (Å²) in [4.78, 5) is 22.0. The summed E-state index contributed by atoms with van der Waals surface area (Å²) in [6.07, 6.45) is -1.57. The number of aromatic nitrogens is 1. The molecule has 6 rings (SSSR count). The number of rotatable bonds is 12. The van der Waals surface area contributed by atoms with E-state index in [1.807, 2.05) is 44.2 Å². The van der Waals surface area contributed by atoms with Crippen LogP contribution in [-0.2, 0) is 18.3 Å². The van der Waals surface area contributed by atoms with Crippen LogP contribution in [0.2, 0.25) is 0 Å². The molecule has 0 spiro atoms. The summed E-state index contributed by atoms with van der Waals surface area (Å²) in [5, 5.41) is 16.5. The van der Waals surface area contributed by atoms with Gasteiger partial charge in [-0.3, -0.25) is 9.69 Å². The highest BCUT2D eigenvalue weighted by Crippen LogP contribution is 2.46. The number of alkyl halides is 3. The summed E-state index contributed by atoms with van der Waals surface area (Å²) in [6, 6.07) is 18.7. The number of hydrogen-bond acceptors (Lipinski definition) is 7. The lowest BCUT2D eigenvalue weighted by molar-refractivity contribution is -0.137. The van der Waals surface area contributed by atoms with Gasteiger partial charge in [0.25, 0.3) is 5.91 Å². The molecule has 4 aromatic rings. The number of aliphatic hydroxyl groups excluding tert-OH is 1. The molecule has 49 heavy (non-hydrogen) atoms. The molecule has 1 amide bonds. The van der Waals surface area contributed by atoms with Gasteiger partial charge in [0.1, 0.15) is 0 Å². The van der Waals surface area contributed by atoms with Crippen LogP contribution in [0.15, 0.2) is 66.7 Å². The average molecular weight is 677 g/mol. The van der Waals surface area contributed by atoms with Gasteiger partial charge in [-0.2, -0.15) is 13.2 Å². The van der Waals surface area contributed by atoms with Gasteiger partial charge in [-0.15, -0.1) is 0 Å². The third-order valence-electron chi connectivity index (χ3n) is 9.37. The molecule has 2 fully saturated rings. The van der Waals surface area contributed by atoms with Crippen molar-refractivity contribution in [2.24, 2.45) is 0 Å². The maximum absolute atomic E-state index is 14.7. The van der Waals surface area contributed by atoms with Gasteiger partial charge < -0.3 is 25.2 Å². The molecule has 260 valence electrons. The minimum Gasteiger partial charge on any atom is -0.493 e. The van der Waals surface area contributed by atoms with Crippen LogP contribution in [0.1, 0.15) is 66.6 Å². The molecular weight excluding hydrogens is 633 g/mol. The fourth-order valence-corrected chi connectivity index (χ4v) is 6.75. The fraction of sp³-hybridized carbons (Fsp3) is 0.421. The number of piperidine rings is 1. The van der Waals surface area contributed by atoms with Crippen LogP contribution >= 0.6 is 0 Å². The van der Waals surface area contributed by atoms with Crippen LogP contribution in [0, 0.1) is 0 Å². The molecule has 11 heteroatoms. The highest BCUT2D eigenvalue weighted by Gasteiger charge is 2.46. The fourth-order valence-electron chi connectivity index (χ4n) is 6.75. The first-order valence-corrected chi connectivity index (χ1v) is 16.8. The number of nitrogens with one attached hydrogen (secondary N) is 2. The molecule has 1 aliphatic heterocycles. The van der Waals surface area contributed by atoms with E-state index in [1.54, 1.807) is 18.2 Å². The predicted octanol–water partition coefficient (Wildman–Crippen LogP) is 6.68. The zero-order valence-corrected chi connectivity index (χ0v) is 28.1. The zero-order chi connectivity index (χ0) is 34.8. The highest BCUT2D eigenvalue weighted by molar-refractivity contribution is 6.10. The van der Waals surface area contributed by atoms with Gasteiger partial charge in [-0.1, -0.05) is 42.5 Å². The van der Waals surface area contributed by atoms with Crippen molar-refractivity contribution in [2.75, 3.05) is 33.4 Å². The number of carbonyl (C=O) groups excluding carboxylic acids is 1. The lowest BCUT2D eigenvalue weighted by Gasteiger charge is -2.33. The summed E-state index contributed by atoms with van der Waals surface area (Å²) in [6.45, 7) is 6.03. The van der Waals surface area contributed by atoms with Crippen LogP contribution in [-0.4, -0.2) is 66.4 Å². The zero-order valence-electron chi connectivity index (χ0n) is 28.1. The van der Waals surface area contributed by atoms with Crippen LogP contribution in [0.4, 0.5) is 13.2 Å². The summed E-state index contributed by atoms with van der Waals surface area (Å²) in [7, 11) is 1.53. The van der Waals surface area contributed by atoms with E-state index in [-0.39, 0.29) is 30.2 Å². The smallest absolute Gasteiger partial charge is 0.416 e. The number of fused-ring (bicyclic) bond motifs is 1. The average Bonchev–Trinajstić information content (AvgIpc) is 3.87. The van der Waals surface area contributed by atoms with Crippen molar-refractivity contribution < 1.29 is 32.5 Å². The second-order valence-corrected chi connectivity index (χ2v) is 13.2. The normalized spacial score (nSPS) is 16.6. The number of hydrogen-bond donors (Lipinski definition) is 3. The lowest BCUT2D eigenvalue weighted by atomic mass is 9.93. The highest BCUT2D eigenvalue weighted by atomic mass is 19.4. The van der Waals surface area contributed by atoms with E-state index in [4.69, 9.17) is 14.5 Å². The van der Waals surface area contributed by atoms with E-state index >= 15 is 0 Å². The van der Waals surface area contributed by atoms with Gasteiger partial charge in [-0.05, 0) is 76.4 Å². The third-order valence-corrected chi connectivity index (χ3v) is 9.37. The van der Waals surface area contributed by atoms with Crippen molar-refractivity contribution in [1.29, 1.82) is 0 Å².